The molecule has 0 saturated carbocycles. The zero-order valence-corrected chi connectivity index (χ0v) is 12.3. The summed E-state index contributed by atoms with van der Waals surface area (Å²) in [7, 11) is 0. The summed E-state index contributed by atoms with van der Waals surface area (Å²) >= 11 is 11.8. The van der Waals surface area contributed by atoms with Gasteiger partial charge in [0.05, 0.1) is 18.8 Å². The van der Waals surface area contributed by atoms with E-state index in [0.717, 1.165) is 17.0 Å². The van der Waals surface area contributed by atoms with Crippen LogP contribution in [0, 0.1) is 0 Å². The molecule has 0 aliphatic carbocycles. The van der Waals surface area contributed by atoms with Crippen LogP contribution in [0.3, 0.4) is 0 Å². The summed E-state index contributed by atoms with van der Waals surface area (Å²) in [6.45, 7) is 2.47. The summed E-state index contributed by atoms with van der Waals surface area (Å²) in [6, 6.07) is 5.45. The number of aromatic amines is 1. The maximum absolute atomic E-state index is 11.4. The minimum Gasteiger partial charge on any atom is -0.494 e. The number of halogens is 2. The smallest absolute Gasteiger partial charge is 0.271 e. The maximum atomic E-state index is 11.4. The lowest BCUT2D eigenvalue weighted by Gasteiger charge is -2.11. The SMILES string of the molecule is CCOc1ccc(Nc2nc[nH]c(=O)c2Cl)cc1CCl. The molecule has 1 aromatic heterocycles. The van der Waals surface area contributed by atoms with Gasteiger partial charge in [0, 0.05) is 11.3 Å². The lowest BCUT2D eigenvalue weighted by atomic mass is 10.2. The van der Waals surface area contributed by atoms with Crippen LogP contribution in [0.4, 0.5) is 11.5 Å². The Morgan fingerprint density at radius 2 is 2.25 bits per heavy atom. The van der Waals surface area contributed by atoms with Crippen molar-refractivity contribution in [2.75, 3.05) is 11.9 Å². The first-order valence-corrected chi connectivity index (χ1v) is 6.88. The molecule has 106 valence electrons. The molecule has 0 fully saturated rings. The molecular weight excluding hydrogens is 301 g/mol. The summed E-state index contributed by atoms with van der Waals surface area (Å²) in [5.41, 5.74) is 1.18. The fourth-order valence-electron chi connectivity index (χ4n) is 1.66. The second-order valence-corrected chi connectivity index (χ2v) is 4.55. The van der Waals surface area contributed by atoms with Gasteiger partial charge in [-0.05, 0) is 25.1 Å². The number of nitrogens with one attached hydrogen (secondary N) is 2. The van der Waals surface area contributed by atoms with Crippen molar-refractivity contribution in [1.29, 1.82) is 0 Å². The zero-order chi connectivity index (χ0) is 14.5. The molecule has 0 unspecified atom stereocenters. The number of rotatable bonds is 5. The van der Waals surface area contributed by atoms with Gasteiger partial charge in [0.25, 0.3) is 5.56 Å². The number of benzene rings is 1. The van der Waals surface area contributed by atoms with E-state index in [1.165, 1.54) is 6.33 Å². The van der Waals surface area contributed by atoms with Crippen LogP contribution in [-0.2, 0) is 5.88 Å². The Morgan fingerprint density at radius 1 is 1.45 bits per heavy atom. The Kier molecular flexibility index (Phi) is 4.87. The van der Waals surface area contributed by atoms with Gasteiger partial charge in [-0.1, -0.05) is 11.6 Å². The van der Waals surface area contributed by atoms with Crippen LogP contribution in [0.1, 0.15) is 12.5 Å². The first-order valence-electron chi connectivity index (χ1n) is 5.97. The number of anilines is 2. The van der Waals surface area contributed by atoms with Gasteiger partial charge in [0.1, 0.15) is 10.8 Å². The lowest BCUT2D eigenvalue weighted by molar-refractivity contribution is 0.337. The van der Waals surface area contributed by atoms with Crippen molar-refractivity contribution in [3.8, 4) is 5.75 Å². The Morgan fingerprint density at radius 3 is 2.95 bits per heavy atom. The highest BCUT2D eigenvalue weighted by Crippen LogP contribution is 2.27. The van der Waals surface area contributed by atoms with E-state index in [9.17, 15) is 4.79 Å². The molecule has 5 nitrogen and oxygen atoms in total. The van der Waals surface area contributed by atoms with E-state index in [0.29, 0.717) is 18.3 Å². The molecule has 0 spiro atoms. The monoisotopic (exact) mass is 313 g/mol. The highest BCUT2D eigenvalue weighted by molar-refractivity contribution is 6.32. The summed E-state index contributed by atoms with van der Waals surface area (Å²) in [5, 5.41) is 2.99. The second-order valence-electron chi connectivity index (χ2n) is 3.91. The molecule has 1 heterocycles. The molecule has 0 radical (unpaired) electrons. The van der Waals surface area contributed by atoms with Gasteiger partial charge in [0.2, 0.25) is 0 Å². The van der Waals surface area contributed by atoms with Gasteiger partial charge < -0.3 is 15.0 Å². The van der Waals surface area contributed by atoms with Gasteiger partial charge in [-0.25, -0.2) is 4.98 Å². The third kappa shape index (κ3) is 3.23. The third-order valence-corrected chi connectivity index (χ3v) is 3.20. The first kappa shape index (κ1) is 14.7. The second kappa shape index (κ2) is 6.63. The van der Waals surface area contributed by atoms with Crippen LogP contribution in [0.2, 0.25) is 5.02 Å². The van der Waals surface area contributed by atoms with Crippen LogP contribution >= 0.6 is 23.2 Å². The van der Waals surface area contributed by atoms with Gasteiger partial charge >= 0.3 is 0 Å². The van der Waals surface area contributed by atoms with Crippen LogP contribution < -0.4 is 15.6 Å². The van der Waals surface area contributed by atoms with Crippen molar-refractivity contribution in [2.45, 2.75) is 12.8 Å². The van der Waals surface area contributed by atoms with Crippen LogP contribution in [0.5, 0.6) is 5.75 Å². The largest absolute Gasteiger partial charge is 0.494 e. The zero-order valence-electron chi connectivity index (χ0n) is 10.7. The fraction of sp³-hybridized carbons (Fsp3) is 0.231. The molecule has 0 aliphatic heterocycles. The molecular formula is C13H13Cl2N3O2. The fourth-order valence-corrected chi connectivity index (χ4v) is 2.02. The summed E-state index contributed by atoms with van der Waals surface area (Å²) in [6.07, 6.45) is 1.29. The predicted molar refractivity (Wildman–Crippen MR) is 80.3 cm³/mol. The summed E-state index contributed by atoms with van der Waals surface area (Å²) in [5.74, 6) is 1.35. The van der Waals surface area contributed by atoms with Crippen molar-refractivity contribution in [3.63, 3.8) is 0 Å². The number of aromatic nitrogens is 2. The first-order chi connectivity index (χ1) is 9.65. The molecule has 2 aromatic rings. The molecule has 1 aromatic carbocycles. The Bertz CT molecular complexity index is 658. The van der Waals surface area contributed by atoms with Gasteiger partial charge in [0.15, 0.2) is 5.82 Å². The molecule has 0 aliphatic rings. The Balaban J connectivity index is 2.30. The number of hydrogen-bond donors (Lipinski definition) is 2. The standard InChI is InChI=1S/C13H13Cl2N3O2/c1-2-20-10-4-3-9(5-8(10)6-14)18-12-11(15)13(19)17-7-16-12/h3-5,7H,2,6H2,1H3,(H2,16,17,18,19). The minimum atomic E-state index is -0.396. The Hall–Kier alpha value is -1.72. The average Bonchev–Trinajstić information content (AvgIpc) is 2.45. The average molecular weight is 314 g/mol. The van der Waals surface area contributed by atoms with Crippen molar-refractivity contribution < 1.29 is 4.74 Å². The van der Waals surface area contributed by atoms with Crippen LogP contribution in [0.25, 0.3) is 0 Å². The third-order valence-electron chi connectivity index (χ3n) is 2.56. The van der Waals surface area contributed by atoms with Crippen LogP contribution in [0.15, 0.2) is 29.3 Å². The van der Waals surface area contributed by atoms with E-state index < -0.39 is 5.56 Å². The lowest BCUT2D eigenvalue weighted by Crippen LogP contribution is -2.09. The van der Waals surface area contributed by atoms with E-state index in [4.69, 9.17) is 27.9 Å². The number of H-pyrrole nitrogens is 1. The van der Waals surface area contributed by atoms with E-state index in [2.05, 4.69) is 15.3 Å². The number of ether oxygens (including phenoxy) is 1. The number of nitrogens with zero attached hydrogens (tertiary/aromatic N) is 1. The minimum absolute atomic E-state index is 0.00816. The quantitative estimate of drug-likeness (QED) is 0.831. The van der Waals surface area contributed by atoms with Crippen molar-refractivity contribution in [1.82, 2.24) is 9.97 Å². The van der Waals surface area contributed by atoms with Crippen molar-refractivity contribution in [2.24, 2.45) is 0 Å². The van der Waals surface area contributed by atoms with E-state index in [1.807, 2.05) is 19.1 Å². The molecule has 0 saturated heterocycles. The van der Waals surface area contributed by atoms with Crippen LogP contribution in [-0.4, -0.2) is 16.6 Å². The maximum Gasteiger partial charge on any atom is 0.271 e. The number of hydrogen-bond acceptors (Lipinski definition) is 4. The summed E-state index contributed by atoms with van der Waals surface area (Å²) < 4.78 is 5.47. The van der Waals surface area contributed by atoms with E-state index >= 15 is 0 Å². The molecule has 20 heavy (non-hydrogen) atoms. The summed E-state index contributed by atoms with van der Waals surface area (Å²) in [4.78, 5) is 17.8. The van der Waals surface area contributed by atoms with Gasteiger partial charge in [-0.3, -0.25) is 4.79 Å². The van der Waals surface area contributed by atoms with Gasteiger partial charge in [-0.2, -0.15) is 0 Å². The Labute approximate surface area is 125 Å². The normalized spacial score (nSPS) is 10.3. The highest BCUT2D eigenvalue weighted by atomic mass is 35.5. The van der Waals surface area contributed by atoms with Crippen molar-refractivity contribution in [3.05, 3.63) is 45.5 Å². The number of alkyl halides is 1. The van der Waals surface area contributed by atoms with Crippen molar-refractivity contribution >= 4 is 34.7 Å². The molecule has 2 N–H and O–H groups in total. The predicted octanol–water partition coefficient (Wildman–Crippen LogP) is 3.30. The van der Waals surface area contributed by atoms with E-state index in [1.54, 1.807) is 6.07 Å². The molecule has 7 heteroatoms. The molecule has 0 amide bonds. The molecule has 0 atom stereocenters. The topological polar surface area (TPSA) is 67.0 Å². The molecule has 2 rings (SSSR count). The molecule has 0 bridgehead atoms. The highest BCUT2D eigenvalue weighted by Gasteiger charge is 2.08. The van der Waals surface area contributed by atoms with E-state index in [-0.39, 0.29) is 5.02 Å². The van der Waals surface area contributed by atoms with Gasteiger partial charge in [-0.15, -0.1) is 11.6 Å².